The SMILES string of the molecule is CCc1ccc(S2(=O)=C(C)C2)c(C(F)(F)F)c1. The van der Waals surface area contributed by atoms with Gasteiger partial charge in [0.25, 0.3) is 0 Å². The Balaban J connectivity index is 2.66. The summed E-state index contributed by atoms with van der Waals surface area (Å²) >= 11 is 0. The van der Waals surface area contributed by atoms with Crippen LogP contribution in [0, 0.1) is 0 Å². The molecule has 0 radical (unpaired) electrons. The lowest BCUT2D eigenvalue weighted by Gasteiger charge is -2.13. The molecule has 0 amide bonds. The largest absolute Gasteiger partial charge is 0.417 e. The fourth-order valence-electron chi connectivity index (χ4n) is 1.83. The molecule has 1 aliphatic heterocycles. The van der Waals surface area contributed by atoms with Crippen molar-refractivity contribution >= 4 is 14.4 Å². The van der Waals surface area contributed by atoms with Gasteiger partial charge in [-0.1, -0.05) is 13.0 Å². The van der Waals surface area contributed by atoms with E-state index in [0.717, 1.165) is 6.07 Å². The predicted octanol–water partition coefficient (Wildman–Crippen LogP) is 3.12. The fourth-order valence-corrected chi connectivity index (χ4v) is 4.01. The van der Waals surface area contributed by atoms with E-state index in [1.807, 2.05) is 0 Å². The van der Waals surface area contributed by atoms with E-state index in [9.17, 15) is 17.4 Å². The minimum atomic E-state index is -4.44. The third-order valence-electron chi connectivity index (χ3n) is 2.99. The third kappa shape index (κ3) is 2.08. The molecule has 0 bridgehead atoms. The third-order valence-corrected chi connectivity index (χ3v) is 5.82. The molecule has 1 aliphatic rings. The summed E-state index contributed by atoms with van der Waals surface area (Å²) in [5.74, 6) is 0.293. The number of hydrogen-bond acceptors (Lipinski definition) is 1. The summed E-state index contributed by atoms with van der Waals surface area (Å²) in [5.41, 5.74) is -0.124. The molecule has 0 saturated heterocycles. The monoisotopic (exact) mass is 262 g/mol. The molecule has 1 nitrogen and oxygen atoms in total. The maximum Gasteiger partial charge on any atom is 0.417 e. The van der Waals surface area contributed by atoms with Crippen LogP contribution in [0.15, 0.2) is 23.1 Å². The van der Waals surface area contributed by atoms with Crippen molar-refractivity contribution in [3.63, 3.8) is 0 Å². The van der Waals surface area contributed by atoms with Crippen LogP contribution in [0.25, 0.3) is 0 Å². The highest BCUT2D eigenvalue weighted by molar-refractivity contribution is 8.11. The Morgan fingerprint density at radius 3 is 2.35 bits per heavy atom. The number of rotatable bonds is 2. The van der Waals surface area contributed by atoms with Crippen LogP contribution in [-0.4, -0.2) is 14.8 Å². The van der Waals surface area contributed by atoms with Crippen molar-refractivity contribution in [3.8, 4) is 0 Å². The van der Waals surface area contributed by atoms with Crippen molar-refractivity contribution in [2.45, 2.75) is 31.3 Å². The van der Waals surface area contributed by atoms with Gasteiger partial charge in [0.05, 0.1) is 5.56 Å². The molecule has 1 aromatic carbocycles. The van der Waals surface area contributed by atoms with Crippen molar-refractivity contribution in [3.05, 3.63) is 29.3 Å². The Labute approximate surface area is 98.7 Å². The molecule has 0 aliphatic carbocycles. The van der Waals surface area contributed by atoms with Crippen molar-refractivity contribution in [2.24, 2.45) is 0 Å². The summed E-state index contributed by atoms with van der Waals surface area (Å²) in [6.45, 7) is 3.44. The van der Waals surface area contributed by atoms with Gasteiger partial charge in [0, 0.05) is 20.2 Å². The Morgan fingerprint density at radius 2 is 1.94 bits per heavy atom. The first kappa shape index (κ1) is 12.5. The van der Waals surface area contributed by atoms with E-state index in [-0.39, 0.29) is 4.90 Å². The summed E-state index contributed by atoms with van der Waals surface area (Å²) in [7, 11) is -2.52. The van der Waals surface area contributed by atoms with Crippen LogP contribution in [0.4, 0.5) is 13.2 Å². The first-order chi connectivity index (χ1) is 7.79. The van der Waals surface area contributed by atoms with Crippen molar-refractivity contribution < 1.29 is 17.4 Å². The van der Waals surface area contributed by atoms with Gasteiger partial charge in [-0.25, -0.2) is 0 Å². The second kappa shape index (κ2) is 3.77. The lowest BCUT2D eigenvalue weighted by Crippen LogP contribution is -2.10. The zero-order chi connectivity index (χ0) is 12.8. The van der Waals surface area contributed by atoms with Crippen LogP contribution in [-0.2, 0) is 22.1 Å². The number of hydrogen-bond donors (Lipinski definition) is 0. The number of alkyl halides is 3. The molecule has 5 heteroatoms. The van der Waals surface area contributed by atoms with Crippen molar-refractivity contribution in [1.82, 2.24) is 0 Å². The Morgan fingerprint density at radius 1 is 1.35 bits per heavy atom. The Bertz CT molecular complexity index is 578. The zero-order valence-electron chi connectivity index (χ0n) is 9.60. The minimum absolute atomic E-state index is 0.0419. The highest BCUT2D eigenvalue weighted by Crippen LogP contribution is 2.38. The summed E-state index contributed by atoms with van der Waals surface area (Å²) in [6.07, 6.45) is -3.90. The topological polar surface area (TPSA) is 17.1 Å². The highest BCUT2D eigenvalue weighted by Gasteiger charge is 2.40. The molecule has 17 heavy (non-hydrogen) atoms. The Kier molecular flexibility index (Phi) is 2.77. The summed E-state index contributed by atoms with van der Waals surface area (Å²) in [6, 6.07) is 4.12. The molecule has 94 valence electrons. The molecule has 2 rings (SSSR count). The second-order valence-corrected chi connectivity index (χ2v) is 6.98. The van der Waals surface area contributed by atoms with Crippen molar-refractivity contribution in [1.29, 1.82) is 0 Å². The first-order valence-corrected chi connectivity index (χ1v) is 7.06. The van der Waals surface area contributed by atoms with Gasteiger partial charge in [-0.2, -0.15) is 13.2 Å². The smallest absolute Gasteiger partial charge is 0.262 e. The van der Waals surface area contributed by atoms with Crippen molar-refractivity contribution in [2.75, 3.05) is 5.75 Å². The molecule has 0 saturated carbocycles. The lowest BCUT2D eigenvalue weighted by molar-refractivity contribution is -0.139. The molecular weight excluding hydrogens is 249 g/mol. The van der Waals surface area contributed by atoms with E-state index < -0.39 is 21.3 Å². The van der Waals surface area contributed by atoms with E-state index in [0.29, 0.717) is 22.6 Å². The van der Waals surface area contributed by atoms with E-state index in [4.69, 9.17) is 0 Å². The van der Waals surface area contributed by atoms with Gasteiger partial charge in [0.2, 0.25) is 0 Å². The number of halogens is 3. The summed E-state index contributed by atoms with van der Waals surface area (Å²) < 4.78 is 50.9. The van der Waals surface area contributed by atoms with E-state index >= 15 is 0 Å². The van der Waals surface area contributed by atoms with Gasteiger partial charge >= 0.3 is 6.18 Å². The summed E-state index contributed by atoms with van der Waals surface area (Å²) in [5, 5.41) is 0. The summed E-state index contributed by atoms with van der Waals surface area (Å²) in [4.78, 5) is 0.618. The first-order valence-electron chi connectivity index (χ1n) is 5.33. The molecule has 0 aromatic heterocycles. The normalized spacial score (nSPS) is 23.9. The molecule has 0 fully saturated rings. The predicted molar refractivity (Wildman–Crippen MR) is 62.8 cm³/mol. The molecule has 1 aromatic rings. The molecule has 0 spiro atoms. The van der Waals surface area contributed by atoms with Gasteiger partial charge in [0.1, 0.15) is 0 Å². The van der Waals surface area contributed by atoms with E-state index in [1.165, 1.54) is 6.07 Å². The van der Waals surface area contributed by atoms with Gasteiger partial charge in [-0.05, 0) is 35.9 Å². The van der Waals surface area contributed by atoms with Crippen LogP contribution in [0.2, 0.25) is 0 Å². The molecule has 1 heterocycles. The van der Waals surface area contributed by atoms with Crippen LogP contribution < -0.4 is 0 Å². The minimum Gasteiger partial charge on any atom is -0.262 e. The average Bonchev–Trinajstić information content (AvgIpc) is 2.86. The van der Waals surface area contributed by atoms with Gasteiger partial charge in [0.15, 0.2) is 0 Å². The maximum atomic E-state index is 12.9. The van der Waals surface area contributed by atoms with Gasteiger partial charge in [-0.3, -0.25) is 4.21 Å². The van der Waals surface area contributed by atoms with E-state index in [2.05, 4.69) is 0 Å². The number of benzene rings is 1. The van der Waals surface area contributed by atoms with Gasteiger partial charge in [-0.15, -0.1) is 0 Å². The molecule has 1 atom stereocenters. The maximum absolute atomic E-state index is 12.9. The highest BCUT2D eigenvalue weighted by atomic mass is 32.2. The second-order valence-electron chi connectivity index (χ2n) is 4.20. The molecule has 1 unspecified atom stereocenters. The fraction of sp³-hybridized carbons (Fsp3) is 0.417. The van der Waals surface area contributed by atoms with Crippen LogP contribution >= 0.6 is 0 Å². The van der Waals surface area contributed by atoms with Crippen LogP contribution in [0.1, 0.15) is 25.0 Å². The Hall–Kier alpha value is -0.970. The molecular formula is C12H13F3OS. The van der Waals surface area contributed by atoms with Gasteiger partial charge < -0.3 is 0 Å². The van der Waals surface area contributed by atoms with Crippen LogP contribution in [0.5, 0.6) is 0 Å². The molecule has 0 N–H and O–H groups in total. The quantitative estimate of drug-likeness (QED) is 0.748. The zero-order valence-corrected chi connectivity index (χ0v) is 10.4. The number of aryl methyl sites for hydroxylation is 1. The standard InChI is InChI=1S/C12H13F3OS/c1-3-9-4-5-11(17(16)7-8(17)2)10(6-9)12(13,14)15/h4-6H,3,7H2,1-2H3. The lowest BCUT2D eigenvalue weighted by atomic mass is 10.1. The van der Waals surface area contributed by atoms with Crippen LogP contribution in [0.3, 0.4) is 0 Å². The van der Waals surface area contributed by atoms with E-state index in [1.54, 1.807) is 19.9 Å². The average molecular weight is 262 g/mol.